The molecule has 1 atom stereocenters. The number of hydrogen-bond acceptors (Lipinski definition) is 5. The van der Waals surface area contributed by atoms with E-state index >= 15 is 0 Å². The monoisotopic (exact) mass is 632 g/mol. The summed E-state index contributed by atoms with van der Waals surface area (Å²) in [7, 11) is 1.63. The van der Waals surface area contributed by atoms with Gasteiger partial charge in [0.05, 0.1) is 28.5 Å². The molecule has 4 aromatic rings. The molecule has 1 aliphatic carbocycles. The van der Waals surface area contributed by atoms with Crippen molar-refractivity contribution in [2.24, 2.45) is 0 Å². The number of thioether (sulfide) groups is 1. The van der Waals surface area contributed by atoms with E-state index in [-0.39, 0.29) is 11.7 Å². The number of alkyl halides is 3. The van der Waals surface area contributed by atoms with Crippen LogP contribution in [0.2, 0.25) is 10.0 Å². The van der Waals surface area contributed by atoms with E-state index in [4.69, 9.17) is 42.8 Å². The van der Waals surface area contributed by atoms with Crippen LogP contribution in [0, 0.1) is 5.82 Å². The first kappa shape index (κ1) is 30.2. The zero-order valence-corrected chi connectivity index (χ0v) is 24.0. The molecule has 1 unspecified atom stereocenters. The summed E-state index contributed by atoms with van der Waals surface area (Å²) in [6.45, 7) is 0. The lowest BCUT2D eigenvalue weighted by Gasteiger charge is -2.25. The van der Waals surface area contributed by atoms with E-state index in [1.807, 2.05) is 35.7 Å². The first-order valence-corrected chi connectivity index (χ1v) is 14.5. The molecule has 2 aromatic heterocycles. The molecule has 0 radical (unpaired) electrons. The second kappa shape index (κ2) is 12.8. The van der Waals surface area contributed by atoms with Crippen molar-refractivity contribution in [2.45, 2.75) is 42.3 Å². The maximum atomic E-state index is 13.7. The molecule has 0 saturated heterocycles. The van der Waals surface area contributed by atoms with Gasteiger partial charge >= 0.3 is 12.1 Å². The van der Waals surface area contributed by atoms with Crippen LogP contribution in [0.15, 0.2) is 59.1 Å². The number of aryl methyl sites for hydroxylation is 1. The van der Waals surface area contributed by atoms with Crippen molar-refractivity contribution >= 4 is 52.3 Å². The quantitative estimate of drug-likeness (QED) is 0.170. The number of methoxy groups -OCH3 is 1. The SMILES string of the molecule is COc1cc(C2CCCc3nc(SCc4sccc4Cl)n(-c4ccc(F)cc4)c32)ccc1Cl.O=C(O)C(F)(F)F. The lowest BCUT2D eigenvalue weighted by atomic mass is 9.84. The van der Waals surface area contributed by atoms with Gasteiger partial charge < -0.3 is 9.84 Å². The Balaban J connectivity index is 0.000000470. The van der Waals surface area contributed by atoms with Crippen molar-refractivity contribution in [1.29, 1.82) is 0 Å². The van der Waals surface area contributed by atoms with Crippen molar-refractivity contribution in [3.05, 3.63) is 91.6 Å². The number of imidazole rings is 1. The van der Waals surface area contributed by atoms with E-state index < -0.39 is 12.1 Å². The van der Waals surface area contributed by atoms with Crippen LogP contribution in [0.5, 0.6) is 5.75 Å². The third-order valence-corrected chi connectivity index (χ3v) is 8.97. The van der Waals surface area contributed by atoms with Gasteiger partial charge in [0.1, 0.15) is 11.6 Å². The lowest BCUT2D eigenvalue weighted by Crippen LogP contribution is -2.21. The zero-order valence-electron chi connectivity index (χ0n) is 20.8. The molecule has 1 aliphatic rings. The number of nitrogens with zero attached hydrogens (tertiary/aromatic N) is 2. The summed E-state index contributed by atoms with van der Waals surface area (Å²) < 4.78 is 53.1. The van der Waals surface area contributed by atoms with Gasteiger partial charge in [-0.05, 0) is 72.7 Å². The highest BCUT2D eigenvalue weighted by Gasteiger charge is 2.38. The Hall–Kier alpha value is -2.73. The first-order chi connectivity index (χ1) is 19.0. The van der Waals surface area contributed by atoms with Gasteiger partial charge in [-0.3, -0.25) is 4.57 Å². The molecule has 0 fully saturated rings. The van der Waals surface area contributed by atoms with Gasteiger partial charge in [-0.25, -0.2) is 14.2 Å². The Morgan fingerprint density at radius 2 is 1.88 bits per heavy atom. The maximum absolute atomic E-state index is 13.7. The van der Waals surface area contributed by atoms with Crippen LogP contribution in [0.4, 0.5) is 17.6 Å². The summed E-state index contributed by atoms with van der Waals surface area (Å²) in [5.41, 5.74) is 4.28. The first-order valence-electron chi connectivity index (χ1n) is 11.8. The van der Waals surface area contributed by atoms with Crippen molar-refractivity contribution in [3.8, 4) is 11.4 Å². The molecule has 1 N–H and O–H groups in total. The van der Waals surface area contributed by atoms with Crippen LogP contribution < -0.4 is 4.74 Å². The predicted molar refractivity (Wildman–Crippen MR) is 149 cm³/mol. The fourth-order valence-electron chi connectivity index (χ4n) is 4.32. The minimum atomic E-state index is -5.08. The van der Waals surface area contributed by atoms with E-state index in [9.17, 15) is 17.6 Å². The molecule has 0 amide bonds. The summed E-state index contributed by atoms with van der Waals surface area (Å²) in [6.07, 6.45) is -2.13. The molecule has 40 heavy (non-hydrogen) atoms. The third-order valence-electron chi connectivity index (χ3n) is 6.12. The number of halogens is 6. The fraction of sp³-hybridized carbons (Fsp3) is 0.259. The Labute approximate surface area is 245 Å². The molecule has 212 valence electrons. The van der Waals surface area contributed by atoms with Gasteiger partial charge in [-0.1, -0.05) is 41.0 Å². The fourth-order valence-corrected chi connectivity index (χ4v) is 6.85. The van der Waals surface area contributed by atoms with E-state index in [0.717, 1.165) is 62.7 Å². The maximum Gasteiger partial charge on any atom is 0.490 e. The van der Waals surface area contributed by atoms with E-state index in [1.54, 1.807) is 30.2 Å². The predicted octanol–water partition coefficient (Wildman–Crippen LogP) is 8.78. The van der Waals surface area contributed by atoms with Gasteiger partial charge in [0, 0.05) is 22.2 Å². The topological polar surface area (TPSA) is 64.4 Å². The van der Waals surface area contributed by atoms with Crippen molar-refractivity contribution in [1.82, 2.24) is 9.55 Å². The minimum absolute atomic E-state index is 0.136. The number of fused-ring (bicyclic) bond motifs is 1. The molecule has 0 spiro atoms. The molecule has 0 bridgehead atoms. The Kier molecular flexibility index (Phi) is 9.71. The number of thiophene rings is 1. The van der Waals surface area contributed by atoms with Crippen LogP contribution in [0.1, 0.15) is 40.6 Å². The van der Waals surface area contributed by atoms with E-state index in [1.165, 1.54) is 12.1 Å². The highest BCUT2D eigenvalue weighted by Crippen LogP contribution is 2.43. The second-order valence-corrected chi connectivity index (χ2v) is 11.4. The zero-order chi connectivity index (χ0) is 29.0. The Morgan fingerprint density at radius 1 is 1.18 bits per heavy atom. The number of ether oxygens (including phenoxy) is 1. The van der Waals surface area contributed by atoms with Crippen molar-refractivity contribution in [3.63, 3.8) is 0 Å². The molecule has 0 saturated carbocycles. The van der Waals surface area contributed by atoms with Crippen LogP contribution >= 0.6 is 46.3 Å². The average molecular weight is 634 g/mol. The molecule has 2 aromatic carbocycles. The summed E-state index contributed by atoms with van der Waals surface area (Å²) >= 11 is 15.9. The standard InChI is InChI=1S/C25H21Cl2FN2OS2.C2HF3O2/c1-31-22-13-15(5-10-19(22)26)18-3-2-4-21-24(18)30(17-8-6-16(28)7-9-17)25(29-21)33-14-23-20(27)11-12-32-23;3-2(4,5)1(6)7/h5-13,18H,2-4,14H2,1H3;(H,6,7). The molecule has 2 heterocycles. The highest BCUT2D eigenvalue weighted by atomic mass is 35.5. The summed E-state index contributed by atoms with van der Waals surface area (Å²) in [6, 6.07) is 14.5. The van der Waals surface area contributed by atoms with Crippen LogP contribution in [0.3, 0.4) is 0 Å². The number of rotatable bonds is 6. The smallest absolute Gasteiger partial charge is 0.490 e. The van der Waals surface area contributed by atoms with Gasteiger partial charge in [0.2, 0.25) is 0 Å². The number of carbonyl (C=O) groups is 1. The Morgan fingerprint density at radius 3 is 2.48 bits per heavy atom. The number of carboxylic acids is 1. The number of hydrogen-bond donors (Lipinski definition) is 1. The molecule has 13 heteroatoms. The molecule has 5 rings (SSSR count). The molecular formula is C27H22Cl2F4N2O3S2. The van der Waals surface area contributed by atoms with Gasteiger partial charge in [-0.15, -0.1) is 11.3 Å². The third kappa shape index (κ3) is 6.94. The number of aromatic nitrogens is 2. The van der Waals surface area contributed by atoms with Crippen molar-refractivity contribution in [2.75, 3.05) is 7.11 Å². The number of carboxylic acid groups (broad SMARTS) is 1. The largest absolute Gasteiger partial charge is 0.495 e. The van der Waals surface area contributed by atoms with Crippen molar-refractivity contribution < 1.29 is 32.2 Å². The van der Waals surface area contributed by atoms with Gasteiger partial charge in [0.25, 0.3) is 0 Å². The van der Waals surface area contributed by atoms with Crippen LogP contribution in [0.25, 0.3) is 5.69 Å². The highest BCUT2D eigenvalue weighted by molar-refractivity contribution is 7.98. The average Bonchev–Trinajstić information content (AvgIpc) is 3.50. The summed E-state index contributed by atoms with van der Waals surface area (Å²) in [5, 5.41) is 11.4. The molecular weight excluding hydrogens is 611 g/mol. The Bertz CT molecular complexity index is 1490. The number of aliphatic carboxylic acids is 1. The van der Waals surface area contributed by atoms with Crippen LogP contribution in [-0.4, -0.2) is 33.9 Å². The molecule has 0 aliphatic heterocycles. The second-order valence-electron chi connectivity index (χ2n) is 8.66. The minimum Gasteiger partial charge on any atom is -0.495 e. The summed E-state index contributed by atoms with van der Waals surface area (Å²) in [5.74, 6) is -1.49. The normalized spacial score (nSPS) is 14.7. The van der Waals surface area contributed by atoms with E-state index in [0.29, 0.717) is 10.8 Å². The molecule has 5 nitrogen and oxygen atoms in total. The van der Waals surface area contributed by atoms with Gasteiger partial charge in [0.15, 0.2) is 5.16 Å². The number of benzene rings is 2. The van der Waals surface area contributed by atoms with Crippen LogP contribution in [-0.2, 0) is 17.0 Å². The van der Waals surface area contributed by atoms with E-state index in [2.05, 4.69) is 10.6 Å². The van der Waals surface area contributed by atoms with Gasteiger partial charge in [-0.2, -0.15) is 13.2 Å². The summed E-state index contributed by atoms with van der Waals surface area (Å²) in [4.78, 5) is 15.1. The lowest BCUT2D eigenvalue weighted by molar-refractivity contribution is -0.192.